The van der Waals surface area contributed by atoms with Crippen LogP contribution in [-0.2, 0) is 4.79 Å². The molecular weight excluding hydrogens is 252 g/mol. The first-order chi connectivity index (χ1) is 9.49. The van der Waals surface area contributed by atoms with Crippen molar-refractivity contribution in [1.29, 1.82) is 0 Å². The van der Waals surface area contributed by atoms with Crippen LogP contribution >= 0.6 is 0 Å². The number of anilines is 1. The van der Waals surface area contributed by atoms with E-state index in [1.807, 2.05) is 36.9 Å². The number of ether oxygens (including phenoxy) is 1. The Morgan fingerprint density at radius 1 is 1.50 bits per heavy atom. The van der Waals surface area contributed by atoms with Gasteiger partial charge in [-0.15, -0.1) is 0 Å². The number of amides is 1. The zero-order valence-corrected chi connectivity index (χ0v) is 13.0. The molecule has 1 saturated heterocycles. The van der Waals surface area contributed by atoms with E-state index in [1.54, 1.807) is 7.11 Å². The second kappa shape index (κ2) is 7.78. The number of nitrogens with two attached hydrogens (primary N) is 1. The number of rotatable bonds is 2. The second-order valence-corrected chi connectivity index (χ2v) is 5.16. The number of methoxy groups -OCH3 is 1. The summed E-state index contributed by atoms with van der Waals surface area (Å²) < 4.78 is 5.04. The minimum atomic E-state index is 0.310. The SMILES string of the molecule is CCC(=O)N1CCC[C@@H]1C.COc1ccc(N)cc1C. The minimum Gasteiger partial charge on any atom is -0.496 e. The van der Waals surface area contributed by atoms with E-state index in [-0.39, 0.29) is 0 Å². The summed E-state index contributed by atoms with van der Waals surface area (Å²) in [4.78, 5) is 13.1. The highest BCUT2D eigenvalue weighted by Crippen LogP contribution is 2.19. The summed E-state index contributed by atoms with van der Waals surface area (Å²) >= 11 is 0. The lowest BCUT2D eigenvalue weighted by atomic mass is 10.2. The predicted octanol–water partition coefficient (Wildman–Crippen LogP) is 2.99. The molecule has 1 fully saturated rings. The molecule has 0 bridgehead atoms. The van der Waals surface area contributed by atoms with Gasteiger partial charge in [-0.3, -0.25) is 4.79 Å². The molecule has 1 atom stereocenters. The highest BCUT2D eigenvalue weighted by molar-refractivity contribution is 5.76. The van der Waals surface area contributed by atoms with Crippen molar-refractivity contribution >= 4 is 11.6 Å². The number of nitrogens with zero attached hydrogens (tertiary/aromatic N) is 1. The Kier molecular flexibility index (Phi) is 6.36. The molecule has 4 nitrogen and oxygen atoms in total. The molecule has 1 aromatic carbocycles. The Morgan fingerprint density at radius 3 is 2.65 bits per heavy atom. The smallest absolute Gasteiger partial charge is 0.222 e. The van der Waals surface area contributed by atoms with Gasteiger partial charge in [0.2, 0.25) is 5.91 Å². The van der Waals surface area contributed by atoms with E-state index in [9.17, 15) is 4.79 Å². The van der Waals surface area contributed by atoms with Gasteiger partial charge in [0.05, 0.1) is 7.11 Å². The van der Waals surface area contributed by atoms with E-state index < -0.39 is 0 Å². The third kappa shape index (κ3) is 4.44. The van der Waals surface area contributed by atoms with Gasteiger partial charge in [0.25, 0.3) is 0 Å². The Balaban J connectivity index is 0.000000200. The van der Waals surface area contributed by atoms with Crippen LogP contribution in [0, 0.1) is 6.92 Å². The molecule has 0 saturated carbocycles. The molecule has 1 aromatic rings. The molecular formula is C16H26N2O2. The van der Waals surface area contributed by atoms with E-state index in [4.69, 9.17) is 10.5 Å². The van der Waals surface area contributed by atoms with Gasteiger partial charge in [0.15, 0.2) is 0 Å². The molecule has 2 rings (SSSR count). The van der Waals surface area contributed by atoms with E-state index in [0.29, 0.717) is 18.4 Å². The van der Waals surface area contributed by atoms with Crippen molar-refractivity contribution in [1.82, 2.24) is 4.90 Å². The second-order valence-electron chi connectivity index (χ2n) is 5.16. The van der Waals surface area contributed by atoms with Crippen molar-refractivity contribution in [2.24, 2.45) is 0 Å². The van der Waals surface area contributed by atoms with Crippen molar-refractivity contribution in [3.8, 4) is 5.75 Å². The molecule has 0 aromatic heterocycles. The average Bonchev–Trinajstić information content (AvgIpc) is 2.85. The Morgan fingerprint density at radius 2 is 2.20 bits per heavy atom. The minimum absolute atomic E-state index is 0.310. The summed E-state index contributed by atoms with van der Waals surface area (Å²) in [6.07, 6.45) is 3.03. The van der Waals surface area contributed by atoms with Gasteiger partial charge in [-0.2, -0.15) is 0 Å². The van der Waals surface area contributed by atoms with Crippen LogP contribution in [-0.4, -0.2) is 30.5 Å². The fourth-order valence-electron chi connectivity index (χ4n) is 2.41. The molecule has 0 radical (unpaired) electrons. The van der Waals surface area contributed by atoms with Crippen LogP contribution in [0.15, 0.2) is 18.2 Å². The summed E-state index contributed by atoms with van der Waals surface area (Å²) in [7, 11) is 1.65. The number of likely N-dealkylation sites (tertiary alicyclic amines) is 1. The van der Waals surface area contributed by atoms with Crippen molar-refractivity contribution in [3.05, 3.63) is 23.8 Å². The molecule has 0 spiro atoms. The molecule has 1 heterocycles. The Labute approximate surface area is 121 Å². The summed E-state index contributed by atoms with van der Waals surface area (Å²) in [5, 5.41) is 0. The average molecular weight is 278 g/mol. The molecule has 1 aliphatic heterocycles. The fourth-order valence-corrected chi connectivity index (χ4v) is 2.41. The predicted molar refractivity (Wildman–Crippen MR) is 82.8 cm³/mol. The zero-order valence-electron chi connectivity index (χ0n) is 13.0. The molecule has 4 heteroatoms. The third-order valence-electron chi connectivity index (χ3n) is 3.59. The number of hydrogen-bond donors (Lipinski definition) is 1. The molecule has 20 heavy (non-hydrogen) atoms. The van der Waals surface area contributed by atoms with Crippen LogP contribution in [0.1, 0.15) is 38.7 Å². The van der Waals surface area contributed by atoms with E-state index in [2.05, 4.69) is 6.92 Å². The molecule has 1 aliphatic rings. The number of carbonyl (C=O) groups is 1. The van der Waals surface area contributed by atoms with E-state index in [1.165, 1.54) is 12.8 Å². The number of carbonyl (C=O) groups excluding carboxylic acids is 1. The van der Waals surface area contributed by atoms with Gasteiger partial charge < -0.3 is 15.4 Å². The highest BCUT2D eigenvalue weighted by Gasteiger charge is 2.23. The largest absolute Gasteiger partial charge is 0.496 e. The quantitative estimate of drug-likeness (QED) is 0.846. The number of hydrogen-bond acceptors (Lipinski definition) is 3. The van der Waals surface area contributed by atoms with Crippen LogP contribution in [0.5, 0.6) is 5.75 Å². The number of aryl methyl sites for hydroxylation is 1. The van der Waals surface area contributed by atoms with E-state index in [0.717, 1.165) is 23.5 Å². The molecule has 112 valence electrons. The van der Waals surface area contributed by atoms with Gasteiger partial charge in [-0.1, -0.05) is 6.92 Å². The van der Waals surface area contributed by atoms with Crippen LogP contribution in [0.25, 0.3) is 0 Å². The zero-order chi connectivity index (χ0) is 15.1. The Hall–Kier alpha value is -1.71. The van der Waals surface area contributed by atoms with Crippen molar-refractivity contribution < 1.29 is 9.53 Å². The molecule has 1 amide bonds. The Bertz CT molecular complexity index is 446. The summed E-state index contributed by atoms with van der Waals surface area (Å²) in [6, 6.07) is 6.07. The normalized spacial score (nSPS) is 17.4. The first-order valence-electron chi connectivity index (χ1n) is 7.19. The van der Waals surface area contributed by atoms with Crippen molar-refractivity contribution in [2.75, 3.05) is 19.4 Å². The standard InChI is InChI=1S/C8H11NO.C8H15NO/c1-6-5-7(9)3-4-8(6)10-2;1-3-8(10)9-6-4-5-7(9)2/h3-5H,9H2,1-2H3;7H,3-6H2,1-2H3/t;7-/m.0/s1. The first-order valence-corrected chi connectivity index (χ1v) is 7.19. The van der Waals surface area contributed by atoms with Crippen LogP contribution in [0.3, 0.4) is 0 Å². The number of benzene rings is 1. The van der Waals surface area contributed by atoms with Gasteiger partial charge in [0.1, 0.15) is 5.75 Å². The van der Waals surface area contributed by atoms with Crippen molar-refractivity contribution in [2.45, 2.75) is 46.1 Å². The lowest BCUT2D eigenvalue weighted by Crippen LogP contribution is -2.32. The summed E-state index contributed by atoms with van der Waals surface area (Å²) in [5.74, 6) is 1.19. The first kappa shape index (κ1) is 16.3. The van der Waals surface area contributed by atoms with Crippen LogP contribution < -0.4 is 10.5 Å². The lowest BCUT2D eigenvalue weighted by Gasteiger charge is -2.20. The highest BCUT2D eigenvalue weighted by atomic mass is 16.5. The molecule has 2 N–H and O–H groups in total. The number of nitrogen functional groups attached to an aromatic ring is 1. The van der Waals surface area contributed by atoms with Crippen LogP contribution in [0.2, 0.25) is 0 Å². The van der Waals surface area contributed by atoms with E-state index >= 15 is 0 Å². The molecule has 0 unspecified atom stereocenters. The lowest BCUT2D eigenvalue weighted by molar-refractivity contribution is -0.131. The molecule has 0 aliphatic carbocycles. The topological polar surface area (TPSA) is 55.6 Å². The maximum Gasteiger partial charge on any atom is 0.222 e. The fraction of sp³-hybridized carbons (Fsp3) is 0.562. The van der Waals surface area contributed by atoms with Gasteiger partial charge in [-0.25, -0.2) is 0 Å². The van der Waals surface area contributed by atoms with Crippen molar-refractivity contribution in [3.63, 3.8) is 0 Å². The summed E-state index contributed by atoms with van der Waals surface area (Å²) in [5.41, 5.74) is 7.37. The maximum absolute atomic E-state index is 11.2. The third-order valence-corrected chi connectivity index (χ3v) is 3.59. The van der Waals surface area contributed by atoms with Gasteiger partial charge in [0, 0.05) is 24.7 Å². The van der Waals surface area contributed by atoms with Gasteiger partial charge in [-0.05, 0) is 50.5 Å². The van der Waals surface area contributed by atoms with Gasteiger partial charge >= 0.3 is 0 Å². The summed E-state index contributed by atoms with van der Waals surface area (Å²) in [6.45, 7) is 7.00. The monoisotopic (exact) mass is 278 g/mol. The maximum atomic E-state index is 11.2. The van der Waals surface area contributed by atoms with Crippen LogP contribution in [0.4, 0.5) is 5.69 Å².